The van der Waals surface area contributed by atoms with Crippen molar-refractivity contribution in [3.8, 4) is 0 Å². The van der Waals surface area contributed by atoms with Crippen LogP contribution in [0.4, 0.5) is 16.3 Å². The van der Waals surface area contributed by atoms with Crippen LogP contribution in [0.5, 0.6) is 0 Å². The van der Waals surface area contributed by atoms with Crippen molar-refractivity contribution in [3.05, 3.63) is 18.6 Å². The summed E-state index contributed by atoms with van der Waals surface area (Å²) in [5.41, 5.74) is 0.878. The van der Waals surface area contributed by atoms with Gasteiger partial charge in [0.25, 0.3) is 0 Å². The van der Waals surface area contributed by atoms with Crippen molar-refractivity contribution in [2.75, 3.05) is 43.0 Å². The largest absolute Gasteiger partial charge is 0.352 e. The number of nitrogens with zero attached hydrogens (tertiary/aromatic N) is 7. The molecule has 0 radical (unpaired) electrons. The van der Waals surface area contributed by atoms with E-state index in [0.29, 0.717) is 6.04 Å². The minimum absolute atomic E-state index is 0.0427. The first-order valence-corrected chi connectivity index (χ1v) is 8.05. The van der Waals surface area contributed by atoms with Crippen molar-refractivity contribution >= 4 is 29.3 Å². The van der Waals surface area contributed by atoms with Gasteiger partial charge in [-0.3, -0.25) is 9.58 Å². The predicted octanol–water partition coefficient (Wildman–Crippen LogP) is 1.06. The first-order valence-electron chi connectivity index (χ1n) is 7.31. The second-order valence-corrected chi connectivity index (χ2v) is 6.25. The summed E-state index contributed by atoms with van der Waals surface area (Å²) in [5.74, 6) is 0.941. The molecule has 4 heterocycles. The van der Waals surface area contributed by atoms with Crippen LogP contribution in [0.2, 0.25) is 0 Å². The van der Waals surface area contributed by atoms with Crippen molar-refractivity contribution in [3.63, 3.8) is 0 Å². The van der Waals surface area contributed by atoms with Gasteiger partial charge in [0.05, 0.1) is 35.9 Å². The van der Waals surface area contributed by atoms with Crippen LogP contribution in [0.3, 0.4) is 0 Å². The molecule has 0 saturated carbocycles. The Labute approximate surface area is 132 Å². The molecule has 1 atom stereocenters. The molecule has 9 heteroatoms. The van der Waals surface area contributed by atoms with Crippen LogP contribution >= 0.6 is 11.7 Å². The van der Waals surface area contributed by atoms with E-state index in [-0.39, 0.29) is 6.03 Å². The predicted molar refractivity (Wildman–Crippen MR) is 83.4 cm³/mol. The molecule has 2 amide bonds. The van der Waals surface area contributed by atoms with E-state index >= 15 is 0 Å². The normalized spacial score (nSPS) is 22.1. The molecule has 2 saturated heterocycles. The highest BCUT2D eigenvalue weighted by Crippen LogP contribution is 2.27. The smallest absolute Gasteiger partial charge is 0.324 e. The maximum atomic E-state index is 12.0. The van der Waals surface area contributed by atoms with E-state index in [4.69, 9.17) is 0 Å². The number of rotatable bonds is 3. The average molecular weight is 319 g/mol. The number of amides is 2. The second-order valence-electron chi connectivity index (χ2n) is 5.69. The number of aromatic nitrogens is 4. The van der Waals surface area contributed by atoms with Crippen LogP contribution in [0.25, 0.3) is 0 Å². The Kier molecular flexibility index (Phi) is 3.21. The molecule has 4 rings (SSSR count). The zero-order valence-electron chi connectivity index (χ0n) is 12.3. The number of anilines is 2. The fourth-order valence-corrected chi connectivity index (χ4v) is 3.45. The lowest BCUT2D eigenvalue weighted by Gasteiger charge is -2.15. The van der Waals surface area contributed by atoms with Gasteiger partial charge in [0.1, 0.15) is 0 Å². The van der Waals surface area contributed by atoms with Gasteiger partial charge in [0.15, 0.2) is 5.82 Å². The van der Waals surface area contributed by atoms with E-state index in [9.17, 15) is 4.79 Å². The minimum atomic E-state index is 0.0427. The van der Waals surface area contributed by atoms with Gasteiger partial charge in [0.2, 0.25) is 0 Å². The fourth-order valence-electron chi connectivity index (χ4n) is 3.02. The van der Waals surface area contributed by atoms with Crippen molar-refractivity contribution in [2.24, 2.45) is 0 Å². The number of hydrogen-bond donors (Lipinski definition) is 0. The standard InChI is InChI=1S/C13H17N7OS/c1-17-4-5-19(13(17)21)11-6-14-20(9-11)10-2-3-18(8-10)12-7-15-22-16-12/h6-7,9-10H,2-5,8H2,1H3. The molecule has 8 nitrogen and oxygen atoms in total. The SMILES string of the molecule is CN1CCN(c2cnn(C3CCN(c4cnsn4)C3)c2)C1=O. The molecule has 2 aliphatic rings. The van der Waals surface area contributed by atoms with Crippen LogP contribution in [0, 0.1) is 0 Å². The van der Waals surface area contributed by atoms with Crippen LogP contribution in [-0.2, 0) is 0 Å². The Morgan fingerprint density at radius 1 is 1.27 bits per heavy atom. The molecule has 0 N–H and O–H groups in total. The zero-order valence-corrected chi connectivity index (χ0v) is 13.1. The van der Waals surface area contributed by atoms with E-state index < -0.39 is 0 Å². The van der Waals surface area contributed by atoms with Crippen molar-refractivity contribution < 1.29 is 4.79 Å². The number of urea groups is 1. The average Bonchev–Trinajstić information content (AvgIpc) is 3.25. The molecular formula is C13H17N7OS. The van der Waals surface area contributed by atoms with E-state index in [0.717, 1.165) is 44.1 Å². The summed E-state index contributed by atoms with van der Waals surface area (Å²) in [5, 5.41) is 4.46. The van der Waals surface area contributed by atoms with E-state index in [1.54, 1.807) is 22.2 Å². The summed E-state index contributed by atoms with van der Waals surface area (Å²) in [7, 11) is 1.82. The maximum absolute atomic E-state index is 12.0. The first kappa shape index (κ1) is 13.5. The fraction of sp³-hybridized carbons (Fsp3) is 0.538. The number of hydrogen-bond acceptors (Lipinski definition) is 6. The third kappa shape index (κ3) is 2.21. The van der Waals surface area contributed by atoms with Crippen LogP contribution in [0.1, 0.15) is 12.5 Å². The van der Waals surface area contributed by atoms with Gasteiger partial charge in [-0.25, -0.2) is 4.79 Å². The lowest BCUT2D eigenvalue weighted by molar-refractivity contribution is 0.229. The molecular weight excluding hydrogens is 302 g/mol. The van der Waals surface area contributed by atoms with Gasteiger partial charge in [-0.15, -0.1) is 0 Å². The van der Waals surface area contributed by atoms with Gasteiger partial charge in [-0.1, -0.05) is 0 Å². The number of carbonyl (C=O) groups is 1. The van der Waals surface area contributed by atoms with Crippen LogP contribution < -0.4 is 9.80 Å². The van der Waals surface area contributed by atoms with Crippen LogP contribution in [0.15, 0.2) is 18.6 Å². The summed E-state index contributed by atoms with van der Waals surface area (Å²) in [4.78, 5) is 17.8. The Balaban J connectivity index is 1.47. The molecule has 2 aliphatic heterocycles. The highest BCUT2D eigenvalue weighted by molar-refractivity contribution is 6.99. The maximum Gasteiger partial charge on any atom is 0.324 e. The monoisotopic (exact) mass is 319 g/mol. The van der Waals surface area contributed by atoms with Gasteiger partial charge in [0, 0.05) is 39.4 Å². The summed E-state index contributed by atoms with van der Waals surface area (Å²) >= 11 is 1.23. The molecule has 2 aromatic rings. The zero-order chi connectivity index (χ0) is 15.1. The van der Waals surface area contributed by atoms with E-state index in [1.807, 2.05) is 17.9 Å². The Morgan fingerprint density at radius 2 is 2.18 bits per heavy atom. The molecule has 2 aromatic heterocycles. The van der Waals surface area contributed by atoms with Crippen molar-refractivity contribution in [2.45, 2.75) is 12.5 Å². The minimum Gasteiger partial charge on any atom is -0.352 e. The summed E-state index contributed by atoms with van der Waals surface area (Å²) in [6.45, 7) is 3.32. The molecule has 116 valence electrons. The highest BCUT2D eigenvalue weighted by atomic mass is 32.1. The lowest BCUT2D eigenvalue weighted by atomic mass is 10.3. The number of carbonyl (C=O) groups excluding carboxylic acids is 1. The van der Waals surface area contributed by atoms with Crippen molar-refractivity contribution in [1.82, 2.24) is 23.4 Å². The Bertz CT molecular complexity index is 670. The third-order valence-corrected chi connectivity index (χ3v) is 4.80. The Morgan fingerprint density at radius 3 is 2.91 bits per heavy atom. The molecule has 0 aliphatic carbocycles. The van der Waals surface area contributed by atoms with E-state index in [2.05, 4.69) is 18.7 Å². The molecule has 2 fully saturated rings. The van der Waals surface area contributed by atoms with Gasteiger partial charge < -0.3 is 9.80 Å². The lowest BCUT2D eigenvalue weighted by Crippen LogP contribution is -2.28. The molecule has 22 heavy (non-hydrogen) atoms. The molecule has 0 spiro atoms. The van der Waals surface area contributed by atoms with Gasteiger partial charge in [-0.2, -0.15) is 13.8 Å². The Hall–Kier alpha value is -2.16. The quantitative estimate of drug-likeness (QED) is 0.846. The summed E-state index contributed by atoms with van der Waals surface area (Å²) in [6.07, 6.45) is 6.58. The summed E-state index contributed by atoms with van der Waals surface area (Å²) in [6, 6.07) is 0.354. The number of likely N-dealkylation sites (N-methyl/N-ethyl adjacent to an activating group) is 1. The van der Waals surface area contributed by atoms with Crippen LogP contribution in [-0.4, -0.2) is 62.7 Å². The van der Waals surface area contributed by atoms with Gasteiger partial charge in [-0.05, 0) is 6.42 Å². The third-order valence-electron chi connectivity index (χ3n) is 4.33. The highest BCUT2D eigenvalue weighted by Gasteiger charge is 2.30. The van der Waals surface area contributed by atoms with E-state index in [1.165, 1.54) is 11.7 Å². The first-order chi connectivity index (χ1) is 10.7. The molecule has 1 unspecified atom stereocenters. The topological polar surface area (TPSA) is 70.4 Å². The molecule has 0 aromatic carbocycles. The molecule has 0 bridgehead atoms. The van der Waals surface area contributed by atoms with Crippen molar-refractivity contribution in [1.29, 1.82) is 0 Å². The second kappa shape index (κ2) is 5.24. The summed E-state index contributed by atoms with van der Waals surface area (Å²) < 4.78 is 10.3. The van der Waals surface area contributed by atoms with Gasteiger partial charge >= 0.3 is 6.03 Å².